The summed E-state index contributed by atoms with van der Waals surface area (Å²) in [5, 5.41) is 10.5. The summed E-state index contributed by atoms with van der Waals surface area (Å²) in [4.78, 5) is 0. The molecule has 266 valence electrons. The Balaban J connectivity index is 1.96. The Morgan fingerprint density at radius 2 is 1.70 bits per heavy atom. The van der Waals surface area contributed by atoms with Crippen molar-refractivity contribution in [3.8, 4) is 0 Å². The first kappa shape index (κ1) is 39.0. The molecule has 0 radical (unpaired) electrons. The van der Waals surface area contributed by atoms with Crippen molar-refractivity contribution in [2.24, 2.45) is 11.3 Å². The third-order valence-corrected chi connectivity index (χ3v) is 11.1. The van der Waals surface area contributed by atoms with Gasteiger partial charge in [-0.25, -0.2) is 17.7 Å². The zero-order chi connectivity index (χ0) is 35.5. The highest BCUT2D eigenvalue weighted by atomic mass is 32.2. The average Bonchev–Trinajstić information content (AvgIpc) is 3.82. The van der Waals surface area contributed by atoms with Crippen molar-refractivity contribution < 1.29 is 49.3 Å². The molecule has 1 saturated carbocycles. The van der Waals surface area contributed by atoms with Crippen molar-refractivity contribution in [2.45, 2.75) is 89.5 Å². The maximum Gasteiger partial charge on any atom is 0.416 e. The number of hydrazine groups is 1. The van der Waals surface area contributed by atoms with Crippen LogP contribution in [-0.2, 0) is 31.8 Å². The van der Waals surface area contributed by atoms with Gasteiger partial charge in [-0.05, 0) is 92.4 Å². The molecule has 0 heterocycles. The summed E-state index contributed by atoms with van der Waals surface area (Å²) in [5.74, 6) is 6.99. The number of halogens is 6. The fourth-order valence-corrected chi connectivity index (χ4v) is 7.35. The van der Waals surface area contributed by atoms with Gasteiger partial charge < -0.3 is 14.6 Å². The third-order valence-electron chi connectivity index (χ3n) is 8.75. The Kier molecular flexibility index (Phi) is 12.4. The molecular formula is C32H45F6N3O5S. The fraction of sp³-hybridized carbons (Fsp3) is 0.625. The number of hydrogen-bond acceptors (Lipinski definition) is 7. The number of ether oxygens (including phenoxy) is 2. The normalized spacial score (nSPS) is 19.8. The van der Waals surface area contributed by atoms with Crippen LogP contribution in [0.5, 0.6) is 0 Å². The molecule has 2 atom stereocenters. The molecule has 0 bridgehead atoms. The first-order valence-electron chi connectivity index (χ1n) is 15.2. The van der Waals surface area contributed by atoms with E-state index in [2.05, 4.69) is 13.8 Å². The third kappa shape index (κ3) is 10.0. The summed E-state index contributed by atoms with van der Waals surface area (Å²) < 4.78 is 119. The quantitative estimate of drug-likeness (QED) is 0.0557. The predicted octanol–water partition coefficient (Wildman–Crippen LogP) is 6.70. The summed E-state index contributed by atoms with van der Waals surface area (Å²) in [6.07, 6.45) is -4.77. The van der Waals surface area contributed by atoms with Gasteiger partial charge in [-0.2, -0.15) is 26.3 Å². The van der Waals surface area contributed by atoms with E-state index in [9.17, 15) is 39.9 Å². The van der Waals surface area contributed by atoms with Crippen LogP contribution in [0.3, 0.4) is 0 Å². The van der Waals surface area contributed by atoms with Gasteiger partial charge in [0, 0.05) is 20.1 Å². The second-order valence-corrected chi connectivity index (χ2v) is 15.3. The van der Waals surface area contributed by atoms with Gasteiger partial charge in [-0.1, -0.05) is 25.5 Å². The van der Waals surface area contributed by atoms with E-state index in [1.54, 1.807) is 12.2 Å². The van der Waals surface area contributed by atoms with Gasteiger partial charge in [0.15, 0.2) is 0 Å². The van der Waals surface area contributed by atoms with Gasteiger partial charge in [0.05, 0.1) is 29.5 Å². The predicted molar refractivity (Wildman–Crippen MR) is 166 cm³/mol. The van der Waals surface area contributed by atoms with E-state index in [4.69, 9.17) is 15.3 Å². The zero-order valence-electron chi connectivity index (χ0n) is 27.5. The summed E-state index contributed by atoms with van der Waals surface area (Å²) in [5.41, 5.74) is -0.937. The van der Waals surface area contributed by atoms with E-state index in [0.717, 1.165) is 23.1 Å². The molecule has 1 aromatic rings. The highest BCUT2D eigenvalue weighted by molar-refractivity contribution is 7.90. The maximum absolute atomic E-state index is 13.6. The van der Waals surface area contributed by atoms with Crippen LogP contribution in [0.4, 0.5) is 26.3 Å². The van der Waals surface area contributed by atoms with Gasteiger partial charge in [0.25, 0.3) is 0 Å². The molecule has 47 heavy (non-hydrogen) atoms. The number of benzene rings is 1. The molecule has 0 aromatic heterocycles. The SMILES string of the molecule is COC(/C=C\CN(C)S(=O)(=O)C1CC1)=C(/C)C1=C(CN(N)[C@@H](C)[C@H](OCO)c2cc(C(F)(F)F)cc(C(F)(F)F)c2)CC(C)(C)CC1. The molecule has 3 N–H and O–H groups in total. The Bertz CT molecular complexity index is 1430. The van der Waals surface area contributed by atoms with Crippen molar-refractivity contribution >= 4 is 10.0 Å². The van der Waals surface area contributed by atoms with Crippen LogP contribution in [0.2, 0.25) is 0 Å². The molecule has 0 spiro atoms. The summed E-state index contributed by atoms with van der Waals surface area (Å²) in [6, 6.07) is 0.213. The number of hydrogen-bond donors (Lipinski definition) is 2. The molecule has 0 unspecified atom stereocenters. The van der Waals surface area contributed by atoms with E-state index in [-0.39, 0.29) is 29.8 Å². The second-order valence-electron chi connectivity index (χ2n) is 13.0. The molecule has 1 aromatic carbocycles. The molecule has 0 aliphatic heterocycles. The van der Waals surface area contributed by atoms with Crippen molar-refractivity contribution in [3.63, 3.8) is 0 Å². The molecule has 3 rings (SSSR count). The monoisotopic (exact) mass is 697 g/mol. The maximum atomic E-state index is 13.6. The molecule has 2 aliphatic carbocycles. The topological polar surface area (TPSA) is 105 Å². The first-order valence-corrected chi connectivity index (χ1v) is 16.7. The molecule has 15 heteroatoms. The van der Waals surface area contributed by atoms with Crippen molar-refractivity contribution in [1.29, 1.82) is 0 Å². The minimum atomic E-state index is -5.06. The van der Waals surface area contributed by atoms with Gasteiger partial charge in [0.1, 0.15) is 18.7 Å². The van der Waals surface area contributed by atoms with Crippen LogP contribution in [-0.4, -0.2) is 68.2 Å². The van der Waals surface area contributed by atoms with E-state index < -0.39 is 58.0 Å². The molecule has 1 fully saturated rings. The second kappa shape index (κ2) is 15.0. The Hall–Kier alpha value is -2.43. The summed E-state index contributed by atoms with van der Waals surface area (Å²) >= 11 is 0. The lowest BCUT2D eigenvalue weighted by Gasteiger charge is -2.38. The van der Waals surface area contributed by atoms with E-state index in [1.165, 1.54) is 30.4 Å². The lowest BCUT2D eigenvalue weighted by molar-refractivity contribution is -0.143. The Morgan fingerprint density at radius 3 is 2.19 bits per heavy atom. The van der Waals surface area contributed by atoms with Crippen molar-refractivity contribution in [3.05, 3.63) is 69.5 Å². The number of likely N-dealkylation sites (N-methyl/N-ethyl adjacent to an activating group) is 1. The highest BCUT2D eigenvalue weighted by Gasteiger charge is 2.40. The average molecular weight is 698 g/mol. The van der Waals surface area contributed by atoms with Crippen LogP contribution >= 0.6 is 0 Å². The number of sulfonamides is 1. The van der Waals surface area contributed by atoms with E-state index >= 15 is 0 Å². The van der Waals surface area contributed by atoms with E-state index in [1.807, 2.05) is 6.92 Å². The molecular weight excluding hydrogens is 652 g/mol. The number of rotatable bonds is 14. The molecule has 8 nitrogen and oxygen atoms in total. The van der Waals surface area contributed by atoms with Gasteiger partial charge in [0.2, 0.25) is 10.0 Å². The molecule has 2 aliphatic rings. The fourth-order valence-electron chi connectivity index (χ4n) is 5.82. The summed E-state index contributed by atoms with van der Waals surface area (Å²) in [6.45, 7) is 6.81. The van der Waals surface area contributed by atoms with Crippen molar-refractivity contribution in [2.75, 3.05) is 34.0 Å². The van der Waals surface area contributed by atoms with Crippen LogP contribution in [0.1, 0.15) is 82.6 Å². The van der Waals surface area contributed by atoms with Crippen LogP contribution in [0.25, 0.3) is 0 Å². The smallest absolute Gasteiger partial charge is 0.416 e. The lowest BCUT2D eigenvalue weighted by Crippen LogP contribution is -2.45. The molecule has 0 amide bonds. The van der Waals surface area contributed by atoms with E-state index in [0.29, 0.717) is 43.6 Å². The first-order chi connectivity index (χ1) is 21.6. The van der Waals surface area contributed by atoms with Crippen LogP contribution in [0.15, 0.2) is 52.8 Å². The van der Waals surface area contributed by atoms with Gasteiger partial charge in [-0.15, -0.1) is 0 Å². The van der Waals surface area contributed by atoms with Gasteiger partial charge in [-0.3, -0.25) is 5.84 Å². The number of alkyl halides is 6. The number of methoxy groups -OCH3 is 1. The van der Waals surface area contributed by atoms with Crippen LogP contribution < -0.4 is 5.84 Å². The van der Waals surface area contributed by atoms with Crippen LogP contribution in [0, 0.1) is 5.41 Å². The Morgan fingerprint density at radius 1 is 1.13 bits per heavy atom. The highest BCUT2D eigenvalue weighted by Crippen LogP contribution is 2.43. The summed E-state index contributed by atoms with van der Waals surface area (Å²) in [7, 11) is -0.320. The zero-order valence-corrected chi connectivity index (χ0v) is 28.3. The largest absolute Gasteiger partial charge is 0.496 e. The number of nitrogens with two attached hydrogens (primary N) is 1. The van der Waals surface area contributed by atoms with Crippen molar-refractivity contribution in [1.82, 2.24) is 9.31 Å². The number of aliphatic hydroxyl groups is 1. The number of allylic oxidation sites excluding steroid dienone is 3. The van der Waals surface area contributed by atoms with Gasteiger partial charge >= 0.3 is 12.4 Å². The minimum absolute atomic E-state index is 0.0343. The minimum Gasteiger partial charge on any atom is -0.496 e. The standard InChI is InChI=1S/C32H45F6N3O5S/c1-20(28(45-6)8-7-13-40(5)47(43,44)26-9-10-26)27-11-12-30(3,4)17-23(27)18-41(39)21(2)29(46-19-42)22-14-24(31(33,34)35)16-25(15-22)32(36,37)38/h7-8,14-16,21,26,29,42H,9-13,17-19,39H2,1-6H3/b8-7-,28-20-/t21-,29-/m0/s1. The lowest BCUT2D eigenvalue weighted by atomic mass is 9.72. The Labute approximate surface area is 272 Å². The number of aliphatic hydroxyl groups excluding tert-OH is 1. The number of nitrogens with zero attached hydrogens (tertiary/aromatic N) is 2. The molecule has 0 saturated heterocycles.